The molecule has 0 saturated heterocycles. The highest BCUT2D eigenvalue weighted by molar-refractivity contribution is 7.85. The molecule has 2 rings (SSSR count). The van der Waals surface area contributed by atoms with Gasteiger partial charge in [-0.05, 0) is 61.3 Å². The third-order valence-corrected chi connectivity index (χ3v) is 5.29. The Morgan fingerprint density at radius 2 is 1.65 bits per heavy atom. The van der Waals surface area contributed by atoms with Crippen molar-refractivity contribution in [2.75, 3.05) is 32.6 Å². The zero-order valence-electron chi connectivity index (χ0n) is 21.0. The van der Waals surface area contributed by atoms with Gasteiger partial charge in [-0.25, -0.2) is 0 Å². The van der Waals surface area contributed by atoms with Crippen LogP contribution in [0.3, 0.4) is 0 Å². The van der Waals surface area contributed by atoms with Crippen LogP contribution in [0.25, 0.3) is 11.1 Å². The monoisotopic (exact) mass is 451 g/mol. The molecule has 0 heterocycles. The van der Waals surface area contributed by atoms with E-state index in [1.807, 2.05) is 58.9 Å². The molecule has 1 atom stereocenters. The maximum absolute atomic E-state index is 12.0. The molecule has 4 nitrogen and oxygen atoms in total. The Kier molecular flexibility index (Phi) is 21.9. The van der Waals surface area contributed by atoms with Gasteiger partial charge >= 0.3 is 0 Å². The average molecular weight is 452 g/mol. The van der Waals surface area contributed by atoms with E-state index < -0.39 is 10.8 Å². The van der Waals surface area contributed by atoms with Crippen molar-refractivity contribution < 1.29 is 14.1 Å². The number of likely N-dealkylation sites (N-methyl/N-ethyl adjacent to an activating group) is 1. The van der Waals surface area contributed by atoms with Crippen molar-refractivity contribution in [2.24, 2.45) is 0 Å². The number of aliphatic hydroxyl groups excluding tert-OH is 1. The molecule has 0 aliphatic carbocycles. The van der Waals surface area contributed by atoms with Gasteiger partial charge in [-0.2, -0.15) is 0 Å². The molecule has 5 heteroatoms. The summed E-state index contributed by atoms with van der Waals surface area (Å²) in [7, 11) is 0.888. The lowest BCUT2D eigenvalue weighted by Gasteiger charge is -2.11. The van der Waals surface area contributed by atoms with Gasteiger partial charge in [0, 0.05) is 17.2 Å². The van der Waals surface area contributed by atoms with Gasteiger partial charge in [-0.3, -0.25) is 4.21 Å². The molecule has 0 bridgehead atoms. The summed E-state index contributed by atoms with van der Waals surface area (Å²) in [4.78, 5) is 0.890. The van der Waals surface area contributed by atoms with E-state index in [4.69, 9.17) is 9.84 Å². The lowest BCUT2D eigenvalue weighted by atomic mass is 10.0. The molecule has 0 aliphatic rings. The molecule has 178 valence electrons. The highest BCUT2D eigenvalue weighted by Gasteiger charge is 2.06. The first kappa shape index (κ1) is 31.5. The molecule has 2 aromatic rings. The van der Waals surface area contributed by atoms with Crippen molar-refractivity contribution in [3.8, 4) is 16.9 Å². The largest absolute Gasteiger partial charge is 0.493 e. The molecular formula is C26H45NO3S. The number of rotatable bonds is 9. The number of nitrogens with one attached hydrogen (secondary N) is 1. The summed E-state index contributed by atoms with van der Waals surface area (Å²) in [5.41, 5.74) is 3.37. The van der Waals surface area contributed by atoms with Crippen LogP contribution in [0.1, 0.15) is 59.9 Å². The van der Waals surface area contributed by atoms with Crippen LogP contribution in [0.5, 0.6) is 5.75 Å². The molecule has 0 aromatic heterocycles. The Morgan fingerprint density at radius 1 is 1.00 bits per heavy atom. The summed E-state index contributed by atoms with van der Waals surface area (Å²) in [6.45, 7) is 15.9. The molecule has 0 aliphatic heterocycles. The average Bonchev–Trinajstić information content (AvgIpc) is 2.83. The molecule has 0 radical (unpaired) electrons. The van der Waals surface area contributed by atoms with Crippen LogP contribution in [-0.2, 0) is 10.8 Å². The number of benzene rings is 2. The highest BCUT2D eigenvalue weighted by Crippen LogP contribution is 2.27. The third kappa shape index (κ3) is 13.4. The van der Waals surface area contributed by atoms with E-state index in [-0.39, 0.29) is 6.61 Å². The lowest BCUT2D eigenvalue weighted by molar-refractivity contribution is 0.296. The van der Waals surface area contributed by atoms with E-state index in [9.17, 15) is 4.21 Å². The first-order valence-corrected chi connectivity index (χ1v) is 12.9. The van der Waals surface area contributed by atoms with Gasteiger partial charge in [0.15, 0.2) is 0 Å². The fourth-order valence-corrected chi connectivity index (χ4v) is 3.24. The predicted octanol–water partition coefficient (Wildman–Crippen LogP) is 6.22. The van der Waals surface area contributed by atoms with E-state index in [1.165, 1.54) is 0 Å². The van der Waals surface area contributed by atoms with Gasteiger partial charge < -0.3 is 15.2 Å². The first-order chi connectivity index (χ1) is 15.1. The van der Waals surface area contributed by atoms with Crippen LogP contribution in [0, 0.1) is 6.92 Å². The van der Waals surface area contributed by atoms with Gasteiger partial charge in [-0.15, -0.1) is 0 Å². The second-order valence-electron chi connectivity index (χ2n) is 6.17. The summed E-state index contributed by atoms with van der Waals surface area (Å²) in [6, 6.07) is 14.2. The quantitative estimate of drug-likeness (QED) is 0.444. The Labute approximate surface area is 193 Å². The zero-order valence-corrected chi connectivity index (χ0v) is 21.8. The summed E-state index contributed by atoms with van der Waals surface area (Å²) in [5.74, 6) is 1.60. The van der Waals surface area contributed by atoms with Gasteiger partial charge in [0.1, 0.15) is 5.75 Å². The molecule has 2 N–H and O–H groups in total. The van der Waals surface area contributed by atoms with Gasteiger partial charge in [0.25, 0.3) is 0 Å². The standard InChI is InChI=1S/C19H24O2S.C3H9NO.2C2H6/c1-4-6-12-21-19-11-10-17(13-15(19)3)16-8-7-9-18(14-16)22(20)5-2;1-4-2-3-5;2*1-2/h7-11,13-14H,4-6,12H2,1-3H3;4-5H,2-3H2,1H3;2*1-2H3. The molecule has 1 unspecified atom stereocenters. The second-order valence-corrected chi connectivity index (χ2v) is 7.91. The molecule has 31 heavy (non-hydrogen) atoms. The minimum atomic E-state index is -0.914. The summed E-state index contributed by atoms with van der Waals surface area (Å²) < 4.78 is 17.8. The van der Waals surface area contributed by atoms with Crippen molar-refractivity contribution in [3.05, 3.63) is 48.0 Å². The number of hydrogen-bond donors (Lipinski definition) is 2. The fraction of sp³-hybridized carbons (Fsp3) is 0.538. The Balaban J connectivity index is 0. The van der Waals surface area contributed by atoms with Crippen molar-refractivity contribution in [3.63, 3.8) is 0 Å². The smallest absolute Gasteiger partial charge is 0.122 e. The van der Waals surface area contributed by atoms with Gasteiger partial charge in [-0.1, -0.05) is 66.2 Å². The van der Waals surface area contributed by atoms with Gasteiger partial charge in [0.2, 0.25) is 0 Å². The van der Waals surface area contributed by atoms with Crippen LogP contribution in [0.15, 0.2) is 47.4 Å². The van der Waals surface area contributed by atoms with Crippen LogP contribution in [0.4, 0.5) is 0 Å². The number of aliphatic hydroxyl groups is 1. The fourth-order valence-electron chi connectivity index (χ4n) is 2.41. The Morgan fingerprint density at radius 3 is 2.13 bits per heavy atom. The summed E-state index contributed by atoms with van der Waals surface area (Å²) >= 11 is 0. The molecular weight excluding hydrogens is 406 g/mol. The van der Waals surface area contributed by atoms with Crippen molar-refractivity contribution >= 4 is 10.8 Å². The Hall–Kier alpha value is -1.69. The number of aryl methyl sites for hydroxylation is 1. The van der Waals surface area contributed by atoms with E-state index in [0.717, 1.165) is 46.8 Å². The van der Waals surface area contributed by atoms with E-state index >= 15 is 0 Å². The van der Waals surface area contributed by atoms with Gasteiger partial charge in [0.05, 0.1) is 24.0 Å². The number of unbranched alkanes of at least 4 members (excludes halogenated alkanes) is 1. The molecule has 2 aromatic carbocycles. The molecule has 0 saturated carbocycles. The lowest BCUT2D eigenvalue weighted by Crippen LogP contribution is -2.10. The number of ether oxygens (including phenoxy) is 1. The highest BCUT2D eigenvalue weighted by atomic mass is 32.2. The minimum absolute atomic E-state index is 0.233. The SMILES string of the molecule is CC.CC.CCCCOc1ccc(-c2cccc(S(=O)CC)c2)cc1C.CNCCO. The van der Waals surface area contributed by atoms with Crippen LogP contribution >= 0.6 is 0 Å². The maximum Gasteiger partial charge on any atom is 0.122 e. The summed E-state index contributed by atoms with van der Waals surface area (Å²) in [5, 5.41) is 10.8. The van der Waals surface area contributed by atoms with Crippen molar-refractivity contribution in [1.82, 2.24) is 5.32 Å². The van der Waals surface area contributed by atoms with E-state index in [0.29, 0.717) is 12.3 Å². The zero-order chi connectivity index (χ0) is 24.1. The molecule has 0 fully saturated rings. The third-order valence-electron chi connectivity index (χ3n) is 3.98. The maximum atomic E-state index is 12.0. The minimum Gasteiger partial charge on any atom is -0.493 e. The molecule has 0 amide bonds. The van der Waals surface area contributed by atoms with Crippen molar-refractivity contribution in [2.45, 2.75) is 66.2 Å². The number of hydrogen-bond acceptors (Lipinski definition) is 4. The van der Waals surface area contributed by atoms with E-state index in [1.54, 1.807) is 7.05 Å². The second kappa shape index (κ2) is 21.5. The molecule has 0 spiro atoms. The predicted molar refractivity (Wildman–Crippen MR) is 138 cm³/mol. The van der Waals surface area contributed by atoms with Crippen LogP contribution in [-0.4, -0.2) is 41.9 Å². The van der Waals surface area contributed by atoms with E-state index in [2.05, 4.69) is 37.4 Å². The topological polar surface area (TPSA) is 58.6 Å². The normalized spacial score (nSPS) is 10.4. The summed E-state index contributed by atoms with van der Waals surface area (Å²) in [6.07, 6.45) is 2.21. The van der Waals surface area contributed by atoms with Crippen LogP contribution in [0.2, 0.25) is 0 Å². The first-order valence-electron chi connectivity index (χ1n) is 11.5. The Bertz CT molecular complexity index is 703. The van der Waals surface area contributed by atoms with Crippen LogP contribution < -0.4 is 10.1 Å². The van der Waals surface area contributed by atoms with Crippen molar-refractivity contribution in [1.29, 1.82) is 0 Å².